The summed E-state index contributed by atoms with van der Waals surface area (Å²) in [6.07, 6.45) is -4.03. The zero-order valence-electron chi connectivity index (χ0n) is 13.5. The first-order valence-electron chi connectivity index (χ1n) is 7.27. The van der Waals surface area contributed by atoms with Gasteiger partial charge in [0, 0.05) is 12.0 Å². The van der Waals surface area contributed by atoms with E-state index in [1.807, 2.05) is 0 Å². The molecule has 0 aromatic heterocycles. The van der Waals surface area contributed by atoms with Crippen molar-refractivity contribution < 1.29 is 43.9 Å². The topological polar surface area (TPSA) is 167 Å². The van der Waals surface area contributed by atoms with Crippen LogP contribution >= 0.6 is 0 Å². The third-order valence-electron chi connectivity index (χ3n) is 3.36. The first kappa shape index (κ1) is 21.1. The molecular weight excluding hydrogens is 353 g/mol. The summed E-state index contributed by atoms with van der Waals surface area (Å²) in [7, 11) is 0. The van der Waals surface area contributed by atoms with Crippen molar-refractivity contribution in [1.29, 1.82) is 0 Å². The number of aliphatic hydroxyl groups is 1. The number of benzene rings is 1. The molecule has 1 aromatic rings. The molecular formula is C16H18FNO8. The minimum absolute atomic E-state index is 0.0635. The van der Waals surface area contributed by atoms with Gasteiger partial charge in [-0.05, 0) is 17.7 Å². The number of rotatable bonds is 9. The minimum atomic E-state index is -2.88. The number of aromatic hydroxyl groups is 1. The van der Waals surface area contributed by atoms with E-state index in [4.69, 9.17) is 15.9 Å². The lowest BCUT2D eigenvalue weighted by atomic mass is 9.96. The lowest BCUT2D eigenvalue weighted by Gasteiger charge is -2.22. The van der Waals surface area contributed by atoms with Gasteiger partial charge in [0.2, 0.25) is 0 Å². The molecule has 0 aliphatic heterocycles. The highest BCUT2D eigenvalue weighted by Gasteiger charge is 2.41. The van der Waals surface area contributed by atoms with Crippen LogP contribution < -0.4 is 5.73 Å². The summed E-state index contributed by atoms with van der Waals surface area (Å²) in [5.41, 5.74) is 2.94. The van der Waals surface area contributed by atoms with E-state index >= 15 is 0 Å². The maximum atomic E-state index is 13.1. The molecule has 142 valence electrons. The predicted molar refractivity (Wildman–Crippen MR) is 84.5 cm³/mol. The summed E-state index contributed by atoms with van der Waals surface area (Å²) in [5.74, 6) is -4.95. The van der Waals surface area contributed by atoms with Crippen LogP contribution in [0.2, 0.25) is 0 Å². The van der Waals surface area contributed by atoms with E-state index in [-0.39, 0.29) is 24.1 Å². The van der Waals surface area contributed by atoms with Gasteiger partial charge in [0.25, 0.3) is 0 Å². The fourth-order valence-corrected chi connectivity index (χ4v) is 2.07. The number of phenolic OH excluding ortho intramolecular Hbond substituents is 1. The van der Waals surface area contributed by atoms with Gasteiger partial charge in [0.15, 0.2) is 11.8 Å². The molecule has 6 N–H and O–H groups in total. The number of aliphatic carboxylic acids is 2. The molecule has 2 unspecified atom stereocenters. The van der Waals surface area contributed by atoms with Crippen LogP contribution in [0, 0.1) is 0 Å². The molecule has 9 nitrogen and oxygen atoms in total. The van der Waals surface area contributed by atoms with Crippen molar-refractivity contribution in [2.45, 2.75) is 31.1 Å². The van der Waals surface area contributed by atoms with Crippen LogP contribution in [0.15, 0.2) is 36.2 Å². The van der Waals surface area contributed by atoms with E-state index in [0.717, 1.165) is 0 Å². The van der Waals surface area contributed by atoms with Crippen LogP contribution in [-0.4, -0.2) is 50.2 Å². The Labute approximate surface area is 147 Å². The molecule has 26 heavy (non-hydrogen) atoms. The molecule has 10 heteroatoms. The lowest BCUT2D eigenvalue weighted by Crippen LogP contribution is -2.44. The normalized spacial score (nSPS) is 15.0. The first-order valence-corrected chi connectivity index (χ1v) is 7.27. The van der Waals surface area contributed by atoms with Crippen molar-refractivity contribution in [2.75, 3.05) is 0 Å². The summed E-state index contributed by atoms with van der Waals surface area (Å²) in [6, 6.07) is 5.82. The number of phenols is 1. The van der Waals surface area contributed by atoms with Crippen LogP contribution in [0.5, 0.6) is 5.75 Å². The second kappa shape index (κ2) is 8.92. The van der Waals surface area contributed by atoms with Crippen molar-refractivity contribution in [3.63, 3.8) is 0 Å². The van der Waals surface area contributed by atoms with Crippen molar-refractivity contribution in [2.24, 2.45) is 5.73 Å². The number of ether oxygens (including phenoxy) is 1. The Kier molecular flexibility index (Phi) is 7.23. The number of hydrogen-bond acceptors (Lipinski definition) is 7. The molecule has 0 bridgehead atoms. The van der Waals surface area contributed by atoms with Gasteiger partial charge in [-0.15, -0.1) is 0 Å². The van der Waals surface area contributed by atoms with Gasteiger partial charge in [0.1, 0.15) is 5.75 Å². The third kappa shape index (κ3) is 6.15. The molecule has 0 radical (unpaired) electrons. The number of carbonyl (C=O) groups is 3. The van der Waals surface area contributed by atoms with Crippen molar-refractivity contribution >= 4 is 17.9 Å². The smallest absolute Gasteiger partial charge is 0.336 e. The van der Waals surface area contributed by atoms with Crippen molar-refractivity contribution in [1.82, 2.24) is 0 Å². The van der Waals surface area contributed by atoms with Gasteiger partial charge in [-0.3, -0.25) is 15.3 Å². The van der Waals surface area contributed by atoms with E-state index in [1.165, 1.54) is 18.2 Å². The van der Waals surface area contributed by atoms with E-state index in [0.29, 0.717) is 5.56 Å². The number of hydrogen-bond donors (Lipinski definition) is 5. The average molecular weight is 371 g/mol. The molecule has 0 heterocycles. The summed E-state index contributed by atoms with van der Waals surface area (Å²) in [5, 5.41) is 36.7. The van der Waals surface area contributed by atoms with Crippen molar-refractivity contribution in [3.8, 4) is 5.75 Å². The summed E-state index contributed by atoms with van der Waals surface area (Å²) >= 11 is 0. The Balaban J connectivity index is 2.77. The van der Waals surface area contributed by atoms with Gasteiger partial charge in [-0.1, -0.05) is 12.1 Å². The van der Waals surface area contributed by atoms with E-state index in [9.17, 15) is 29.0 Å². The Bertz CT molecular complexity index is 720. The molecule has 2 atom stereocenters. The number of carbonyl (C=O) groups excluding carboxylic acids is 1. The number of halogens is 1. The van der Waals surface area contributed by atoms with Gasteiger partial charge in [0.05, 0.1) is 19.2 Å². The van der Waals surface area contributed by atoms with Crippen LogP contribution in [0.3, 0.4) is 0 Å². The maximum absolute atomic E-state index is 13.1. The largest absolute Gasteiger partial charge is 0.508 e. The SMILES string of the molecule is NC(OC(=O)CC(O)(CC(=O)O)C(=O)O)/C(=C\F)Cc1cccc(O)c1. The fraction of sp³-hybridized carbons (Fsp3) is 0.312. The third-order valence-corrected chi connectivity index (χ3v) is 3.36. The van der Waals surface area contributed by atoms with Crippen LogP contribution in [0.25, 0.3) is 0 Å². The predicted octanol–water partition coefficient (Wildman–Crippen LogP) is 0.297. The zero-order chi connectivity index (χ0) is 19.9. The molecule has 0 fully saturated rings. The second-order valence-electron chi connectivity index (χ2n) is 5.53. The minimum Gasteiger partial charge on any atom is -0.508 e. The summed E-state index contributed by atoms with van der Waals surface area (Å²) in [6.45, 7) is 0. The van der Waals surface area contributed by atoms with Crippen LogP contribution in [0.1, 0.15) is 18.4 Å². The highest BCUT2D eigenvalue weighted by atomic mass is 19.1. The average Bonchev–Trinajstić information content (AvgIpc) is 2.51. The monoisotopic (exact) mass is 371 g/mol. The quantitative estimate of drug-likeness (QED) is 0.303. The molecule has 0 amide bonds. The van der Waals surface area contributed by atoms with Gasteiger partial charge < -0.3 is 25.2 Å². The summed E-state index contributed by atoms with van der Waals surface area (Å²) in [4.78, 5) is 33.4. The number of nitrogens with two attached hydrogens (primary N) is 1. The van der Waals surface area contributed by atoms with Gasteiger partial charge >= 0.3 is 17.9 Å². The van der Waals surface area contributed by atoms with E-state index in [1.54, 1.807) is 6.07 Å². The Morgan fingerprint density at radius 1 is 1.27 bits per heavy atom. The Morgan fingerprint density at radius 3 is 2.42 bits per heavy atom. The van der Waals surface area contributed by atoms with Crippen molar-refractivity contribution in [3.05, 3.63) is 41.7 Å². The van der Waals surface area contributed by atoms with E-state index in [2.05, 4.69) is 4.74 Å². The molecule has 1 rings (SSSR count). The first-order chi connectivity index (χ1) is 12.1. The van der Waals surface area contributed by atoms with Crippen LogP contribution in [-0.2, 0) is 25.5 Å². The molecule has 0 aliphatic carbocycles. The molecule has 0 aliphatic rings. The van der Waals surface area contributed by atoms with Gasteiger partial charge in [-0.2, -0.15) is 0 Å². The van der Waals surface area contributed by atoms with Gasteiger partial charge in [-0.25, -0.2) is 9.18 Å². The highest BCUT2D eigenvalue weighted by Crippen LogP contribution is 2.20. The summed E-state index contributed by atoms with van der Waals surface area (Å²) < 4.78 is 17.8. The van der Waals surface area contributed by atoms with E-state index < -0.39 is 42.6 Å². The molecule has 1 aromatic carbocycles. The number of esters is 1. The number of carboxylic acids is 2. The Morgan fingerprint density at radius 2 is 1.92 bits per heavy atom. The fourth-order valence-electron chi connectivity index (χ4n) is 2.07. The Hall–Kier alpha value is -2.98. The standard InChI is InChI=1S/C16H18FNO8/c17-8-10(4-9-2-1-3-11(19)5-9)14(18)26-13(22)7-16(25,15(23)24)6-12(20)21/h1-3,5,8,14,19,25H,4,6-7,18H2,(H,20,21)(H,23,24)/b10-8-. The molecule has 0 saturated carbocycles. The highest BCUT2D eigenvalue weighted by molar-refractivity contribution is 5.88. The number of carboxylic acid groups (broad SMARTS) is 2. The maximum Gasteiger partial charge on any atom is 0.336 e. The molecule has 0 spiro atoms. The lowest BCUT2D eigenvalue weighted by molar-refractivity contribution is -0.173. The van der Waals surface area contributed by atoms with Crippen LogP contribution in [0.4, 0.5) is 4.39 Å². The second-order valence-corrected chi connectivity index (χ2v) is 5.53. The molecule has 0 saturated heterocycles. The zero-order valence-corrected chi connectivity index (χ0v) is 13.5.